The summed E-state index contributed by atoms with van der Waals surface area (Å²) in [5.41, 5.74) is 0. The van der Waals surface area contributed by atoms with Crippen LogP contribution in [0.1, 0.15) is 47.0 Å². The van der Waals surface area contributed by atoms with Gasteiger partial charge in [-0.2, -0.15) is 0 Å². The summed E-state index contributed by atoms with van der Waals surface area (Å²) >= 11 is 0. The van der Waals surface area contributed by atoms with Crippen molar-refractivity contribution in [2.24, 2.45) is 0 Å². The van der Waals surface area contributed by atoms with Crippen molar-refractivity contribution in [1.82, 2.24) is 5.32 Å². The van der Waals surface area contributed by atoms with E-state index in [-0.39, 0.29) is 5.91 Å². The molecule has 0 saturated carbocycles. The highest BCUT2D eigenvalue weighted by Crippen LogP contribution is 1.94. The van der Waals surface area contributed by atoms with Gasteiger partial charge in [-0.25, -0.2) is 0 Å². The lowest BCUT2D eigenvalue weighted by Crippen LogP contribution is -2.38. The molecule has 0 rings (SSSR count). The van der Waals surface area contributed by atoms with Crippen LogP contribution < -0.4 is 5.32 Å². The molecule has 84 valence electrons. The van der Waals surface area contributed by atoms with Crippen LogP contribution in [0.3, 0.4) is 0 Å². The van der Waals surface area contributed by atoms with Gasteiger partial charge in [-0.1, -0.05) is 27.2 Å². The molecule has 0 aromatic carbocycles. The lowest BCUT2D eigenvalue weighted by molar-refractivity contribution is -0.141. The topological polar surface area (TPSA) is 66.4 Å². The number of rotatable bonds is 5. The molecule has 0 fully saturated rings. The molecule has 4 nitrogen and oxygen atoms in total. The highest BCUT2D eigenvalue weighted by atomic mass is 16.4. The van der Waals surface area contributed by atoms with Gasteiger partial charge in [-0.3, -0.25) is 9.59 Å². The molecule has 1 amide bonds. The first-order valence-corrected chi connectivity index (χ1v) is 5.10. The third-order valence-electron chi connectivity index (χ3n) is 1.51. The van der Waals surface area contributed by atoms with Gasteiger partial charge >= 0.3 is 5.97 Å². The third kappa shape index (κ3) is 9.03. The molecule has 0 aliphatic carbocycles. The molecule has 1 unspecified atom stereocenters. The Labute approximate surface area is 85.7 Å². The van der Waals surface area contributed by atoms with E-state index in [9.17, 15) is 9.59 Å². The summed E-state index contributed by atoms with van der Waals surface area (Å²) in [6.45, 7) is 7.43. The van der Waals surface area contributed by atoms with Crippen molar-refractivity contribution >= 4 is 11.9 Å². The van der Waals surface area contributed by atoms with Gasteiger partial charge in [0.05, 0.1) is 0 Å². The van der Waals surface area contributed by atoms with Crippen molar-refractivity contribution in [2.75, 3.05) is 0 Å². The smallest absolute Gasteiger partial charge is 0.325 e. The van der Waals surface area contributed by atoms with Crippen molar-refractivity contribution in [1.29, 1.82) is 0 Å². The van der Waals surface area contributed by atoms with Gasteiger partial charge in [0, 0.05) is 6.42 Å². The molecule has 0 radical (unpaired) electrons. The molecule has 0 aliphatic heterocycles. The Hall–Kier alpha value is -1.06. The van der Waals surface area contributed by atoms with Gasteiger partial charge in [-0.05, 0) is 13.3 Å². The Balaban J connectivity index is 0. The molecule has 14 heavy (non-hydrogen) atoms. The number of aliphatic carboxylic acids is 1. The quantitative estimate of drug-likeness (QED) is 0.716. The molecule has 0 saturated heterocycles. The zero-order valence-electron chi connectivity index (χ0n) is 9.46. The number of carboxylic acid groups (broad SMARTS) is 1. The average molecular weight is 203 g/mol. The molecular weight excluding hydrogens is 182 g/mol. The van der Waals surface area contributed by atoms with Crippen LogP contribution in [-0.4, -0.2) is 23.0 Å². The predicted octanol–water partition coefficient (Wildman–Crippen LogP) is 1.79. The Morgan fingerprint density at radius 2 is 1.86 bits per heavy atom. The van der Waals surface area contributed by atoms with Gasteiger partial charge in [0.1, 0.15) is 6.04 Å². The zero-order chi connectivity index (χ0) is 11.6. The molecule has 0 aromatic heterocycles. The summed E-state index contributed by atoms with van der Waals surface area (Å²) in [5.74, 6) is -1.19. The number of carboxylic acids is 1. The second-order valence-electron chi connectivity index (χ2n) is 2.73. The van der Waals surface area contributed by atoms with Gasteiger partial charge in [0.25, 0.3) is 0 Å². The maximum atomic E-state index is 10.9. The molecule has 0 aromatic rings. The van der Waals surface area contributed by atoms with Crippen LogP contribution in [0.5, 0.6) is 0 Å². The Morgan fingerprint density at radius 1 is 1.36 bits per heavy atom. The second-order valence-corrected chi connectivity index (χ2v) is 2.73. The minimum atomic E-state index is -1.00. The molecule has 2 N–H and O–H groups in total. The summed E-state index contributed by atoms with van der Waals surface area (Å²) in [6, 6.07) is -0.783. The van der Waals surface area contributed by atoms with E-state index in [0.717, 1.165) is 12.8 Å². The summed E-state index contributed by atoms with van der Waals surface area (Å²) < 4.78 is 0. The van der Waals surface area contributed by atoms with Crippen molar-refractivity contribution in [3.05, 3.63) is 0 Å². The maximum absolute atomic E-state index is 10.9. The van der Waals surface area contributed by atoms with Crippen LogP contribution in [0, 0.1) is 0 Å². The number of amides is 1. The number of carbonyl (C=O) groups is 2. The molecule has 1 atom stereocenters. The van der Waals surface area contributed by atoms with E-state index >= 15 is 0 Å². The van der Waals surface area contributed by atoms with E-state index in [2.05, 4.69) is 5.32 Å². The normalized spacial score (nSPS) is 10.9. The van der Waals surface area contributed by atoms with Crippen LogP contribution in [0.2, 0.25) is 0 Å². The number of hydrogen-bond acceptors (Lipinski definition) is 2. The maximum Gasteiger partial charge on any atom is 0.325 e. The predicted molar refractivity (Wildman–Crippen MR) is 56.1 cm³/mol. The standard InChI is InChI=1S/C8H15NO3.C2H6/c1-3-4-5-7(10)9-6(2)8(11)12;1-2/h6H,3-5H2,1-2H3,(H,9,10)(H,11,12);1-2H3. The molecule has 0 spiro atoms. The first-order valence-electron chi connectivity index (χ1n) is 5.10. The summed E-state index contributed by atoms with van der Waals surface area (Å²) in [4.78, 5) is 21.2. The lowest BCUT2D eigenvalue weighted by atomic mass is 10.2. The first-order chi connectivity index (χ1) is 6.57. The van der Waals surface area contributed by atoms with Crippen LogP contribution >= 0.6 is 0 Å². The Morgan fingerprint density at radius 3 is 2.21 bits per heavy atom. The number of carbonyl (C=O) groups excluding carboxylic acids is 1. The van der Waals surface area contributed by atoms with Crippen LogP contribution in [0.25, 0.3) is 0 Å². The molecule has 0 heterocycles. The van der Waals surface area contributed by atoms with Gasteiger partial charge in [-0.15, -0.1) is 0 Å². The van der Waals surface area contributed by atoms with Crippen LogP contribution in [0.4, 0.5) is 0 Å². The monoisotopic (exact) mass is 203 g/mol. The van der Waals surface area contributed by atoms with E-state index in [1.165, 1.54) is 6.92 Å². The Bertz CT molecular complexity index is 169. The zero-order valence-corrected chi connectivity index (χ0v) is 9.46. The summed E-state index contributed by atoms with van der Waals surface area (Å²) in [5, 5.41) is 10.8. The molecule has 4 heteroatoms. The highest BCUT2D eigenvalue weighted by Gasteiger charge is 2.12. The van der Waals surface area contributed by atoms with Crippen LogP contribution in [-0.2, 0) is 9.59 Å². The lowest BCUT2D eigenvalue weighted by Gasteiger charge is -2.07. The van der Waals surface area contributed by atoms with E-state index in [4.69, 9.17) is 5.11 Å². The minimum absolute atomic E-state index is 0.188. The number of hydrogen-bond donors (Lipinski definition) is 2. The third-order valence-corrected chi connectivity index (χ3v) is 1.51. The van der Waals surface area contributed by atoms with E-state index < -0.39 is 12.0 Å². The van der Waals surface area contributed by atoms with E-state index in [1.807, 2.05) is 20.8 Å². The average Bonchev–Trinajstić information content (AvgIpc) is 2.17. The van der Waals surface area contributed by atoms with E-state index in [0.29, 0.717) is 6.42 Å². The first kappa shape index (κ1) is 15.4. The fraction of sp³-hybridized carbons (Fsp3) is 0.800. The van der Waals surface area contributed by atoms with E-state index in [1.54, 1.807) is 0 Å². The fourth-order valence-electron chi connectivity index (χ4n) is 0.713. The van der Waals surface area contributed by atoms with Crippen LogP contribution in [0.15, 0.2) is 0 Å². The van der Waals surface area contributed by atoms with Gasteiger partial charge in [0.15, 0.2) is 0 Å². The summed E-state index contributed by atoms with van der Waals surface area (Å²) in [6.07, 6.45) is 2.15. The molecular formula is C10H21NO3. The summed E-state index contributed by atoms with van der Waals surface area (Å²) in [7, 11) is 0. The number of unbranched alkanes of at least 4 members (excludes halogenated alkanes) is 1. The minimum Gasteiger partial charge on any atom is -0.480 e. The largest absolute Gasteiger partial charge is 0.480 e. The SMILES string of the molecule is CC.CCCCC(=O)NC(C)C(=O)O. The second kappa shape index (κ2) is 10.0. The Kier molecular flexibility index (Phi) is 11.0. The van der Waals surface area contributed by atoms with Gasteiger partial charge in [0.2, 0.25) is 5.91 Å². The van der Waals surface area contributed by atoms with Gasteiger partial charge < -0.3 is 10.4 Å². The highest BCUT2D eigenvalue weighted by molar-refractivity contribution is 5.83. The molecule has 0 bridgehead atoms. The van der Waals surface area contributed by atoms with Crippen molar-refractivity contribution in [2.45, 2.75) is 53.0 Å². The fourth-order valence-corrected chi connectivity index (χ4v) is 0.713. The van der Waals surface area contributed by atoms with Crippen molar-refractivity contribution < 1.29 is 14.7 Å². The van der Waals surface area contributed by atoms with Crippen molar-refractivity contribution in [3.8, 4) is 0 Å². The number of nitrogens with one attached hydrogen (secondary N) is 1. The molecule has 0 aliphatic rings. The van der Waals surface area contributed by atoms with Crippen molar-refractivity contribution in [3.63, 3.8) is 0 Å².